The highest BCUT2D eigenvalue weighted by atomic mass is 35.5. The molecular formula is C17H21ClN2O3S. The number of hydrogen-bond donors (Lipinski definition) is 2. The highest BCUT2D eigenvalue weighted by molar-refractivity contribution is 7.89. The molecule has 0 bridgehead atoms. The first-order valence-corrected chi connectivity index (χ1v) is 9.13. The lowest BCUT2D eigenvalue weighted by atomic mass is 10.1. The molecule has 0 radical (unpaired) electrons. The number of aryl methyl sites for hydroxylation is 1. The van der Waals surface area contributed by atoms with Crippen molar-refractivity contribution in [2.45, 2.75) is 24.2 Å². The zero-order chi connectivity index (χ0) is 16.3. The molecule has 0 spiro atoms. The molecule has 1 aliphatic heterocycles. The summed E-state index contributed by atoms with van der Waals surface area (Å²) < 4.78 is 32.9. The molecule has 7 heteroatoms. The van der Waals surface area contributed by atoms with E-state index in [9.17, 15) is 8.42 Å². The van der Waals surface area contributed by atoms with E-state index in [0.717, 1.165) is 29.7 Å². The SMILES string of the molecule is Cl.Nc1ccc(CCNS(=O)(=O)c2ccc3c(c2)CCCO3)cc1. The molecule has 0 unspecified atom stereocenters. The summed E-state index contributed by atoms with van der Waals surface area (Å²) in [6.07, 6.45) is 2.39. The van der Waals surface area contributed by atoms with Crippen LogP contribution in [-0.4, -0.2) is 21.6 Å². The number of nitrogens with one attached hydrogen (secondary N) is 1. The van der Waals surface area contributed by atoms with Crippen LogP contribution in [0.2, 0.25) is 0 Å². The van der Waals surface area contributed by atoms with Gasteiger partial charge in [0.2, 0.25) is 10.0 Å². The fourth-order valence-electron chi connectivity index (χ4n) is 2.60. The van der Waals surface area contributed by atoms with Gasteiger partial charge in [0.1, 0.15) is 5.75 Å². The van der Waals surface area contributed by atoms with E-state index in [2.05, 4.69) is 4.72 Å². The Morgan fingerprint density at radius 2 is 1.88 bits per heavy atom. The molecule has 5 nitrogen and oxygen atoms in total. The lowest BCUT2D eigenvalue weighted by Crippen LogP contribution is -2.26. The van der Waals surface area contributed by atoms with Crippen LogP contribution in [0.1, 0.15) is 17.5 Å². The lowest BCUT2D eigenvalue weighted by molar-refractivity contribution is 0.288. The van der Waals surface area contributed by atoms with Gasteiger partial charge in [-0.1, -0.05) is 12.1 Å². The summed E-state index contributed by atoms with van der Waals surface area (Å²) in [5.41, 5.74) is 8.33. The van der Waals surface area contributed by atoms with Gasteiger partial charge in [-0.05, 0) is 60.7 Å². The molecular weight excluding hydrogens is 348 g/mol. The largest absolute Gasteiger partial charge is 0.493 e. The maximum Gasteiger partial charge on any atom is 0.240 e. The number of ether oxygens (including phenoxy) is 1. The van der Waals surface area contributed by atoms with Crippen molar-refractivity contribution in [1.29, 1.82) is 0 Å². The van der Waals surface area contributed by atoms with Gasteiger partial charge < -0.3 is 10.5 Å². The van der Waals surface area contributed by atoms with Crippen molar-refractivity contribution in [3.63, 3.8) is 0 Å². The zero-order valence-electron chi connectivity index (χ0n) is 13.2. The number of halogens is 1. The molecule has 0 fully saturated rings. The average molecular weight is 369 g/mol. The topological polar surface area (TPSA) is 81.4 Å². The van der Waals surface area contributed by atoms with Gasteiger partial charge in [0.25, 0.3) is 0 Å². The summed E-state index contributed by atoms with van der Waals surface area (Å²) in [6, 6.07) is 12.5. The van der Waals surface area contributed by atoms with Crippen LogP contribution in [-0.2, 0) is 22.9 Å². The molecule has 0 amide bonds. The van der Waals surface area contributed by atoms with Gasteiger partial charge in [0.15, 0.2) is 0 Å². The van der Waals surface area contributed by atoms with Crippen molar-refractivity contribution >= 4 is 28.1 Å². The van der Waals surface area contributed by atoms with Gasteiger partial charge in [-0.3, -0.25) is 0 Å². The third-order valence-corrected chi connectivity index (χ3v) is 5.33. The predicted molar refractivity (Wildman–Crippen MR) is 97.3 cm³/mol. The summed E-state index contributed by atoms with van der Waals surface area (Å²) in [5, 5.41) is 0. The number of benzene rings is 2. The van der Waals surface area contributed by atoms with E-state index in [1.807, 2.05) is 24.3 Å². The number of rotatable bonds is 5. The third kappa shape index (κ3) is 4.41. The van der Waals surface area contributed by atoms with E-state index in [0.29, 0.717) is 30.2 Å². The first-order valence-electron chi connectivity index (χ1n) is 7.64. The molecule has 3 rings (SSSR count). The second kappa shape index (κ2) is 7.88. The van der Waals surface area contributed by atoms with Crippen LogP contribution in [0.5, 0.6) is 5.75 Å². The Labute approximate surface area is 148 Å². The monoisotopic (exact) mass is 368 g/mol. The van der Waals surface area contributed by atoms with Crippen molar-refractivity contribution in [2.24, 2.45) is 0 Å². The molecule has 0 saturated carbocycles. The van der Waals surface area contributed by atoms with E-state index < -0.39 is 10.0 Å². The minimum Gasteiger partial charge on any atom is -0.493 e. The van der Waals surface area contributed by atoms with Crippen molar-refractivity contribution < 1.29 is 13.2 Å². The standard InChI is InChI=1S/C17H20N2O3S.ClH/c18-15-5-3-13(4-6-15)9-10-19-23(20,21)16-7-8-17-14(12-16)2-1-11-22-17;/h3-8,12,19H,1-2,9-11,18H2;1H. The fourth-order valence-corrected chi connectivity index (χ4v) is 3.68. The summed E-state index contributed by atoms with van der Waals surface area (Å²) in [5.74, 6) is 0.789. The summed E-state index contributed by atoms with van der Waals surface area (Å²) in [6.45, 7) is 1.04. The smallest absolute Gasteiger partial charge is 0.240 e. The second-order valence-corrected chi connectivity index (χ2v) is 7.38. The van der Waals surface area contributed by atoms with Crippen LogP contribution in [0.4, 0.5) is 5.69 Å². The minimum atomic E-state index is -3.50. The number of nitrogen functional groups attached to an aromatic ring is 1. The number of sulfonamides is 1. The number of hydrogen-bond acceptors (Lipinski definition) is 4. The van der Waals surface area contributed by atoms with E-state index in [1.165, 1.54) is 0 Å². The molecule has 130 valence electrons. The van der Waals surface area contributed by atoms with E-state index in [4.69, 9.17) is 10.5 Å². The molecule has 24 heavy (non-hydrogen) atoms. The van der Waals surface area contributed by atoms with Gasteiger partial charge >= 0.3 is 0 Å². The van der Waals surface area contributed by atoms with E-state index >= 15 is 0 Å². The zero-order valence-corrected chi connectivity index (χ0v) is 14.8. The van der Waals surface area contributed by atoms with Crippen molar-refractivity contribution in [2.75, 3.05) is 18.9 Å². The first kappa shape index (κ1) is 18.6. The Morgan fingerprint density at radius 1 is 1.12 bits per heavy atom. The molecule has 0 aliphatic carbocycles. The average Bonchev–Trinajstić information content (AvgIpc) is 2.56. The number of nitrogens with two attached hydrogens (primary N) is 1. The lowest BCUT2D eigenvalue weighted by Gasteiger charge is -2.18. The summed E-state index contributed by atoms with van der Waals surface area (Å²) in [4.78, 5) is 0.291. The van der Waals surface area contributed by atoms with Crippen molar-refractivity contribution in [1.82, 2.24) is 4.72 Å². The molecule has 1 aliphatic rings. The first-order chi connectivity index (χ1) is 11.0. The van der Waals surface area contributed by atoms with Crippen LogP contribution in [0, 0.1) is 0 Å². The highest BCUT2D eigenvalue weighted by Gasteiger charge is 2.17. The van der Waals surface area contributed by atoms with Gasteiger partial charge in [0.05, 0.1) is 11.5 Å². The van der Waals surface area contributed by atoms with E-state index in [1.54, 1.807) is 18.2 Å². The maximum atomic E-state index is 12.4. The maximum absolute atomic E-state index is 12.4. The Bertz CT molecular complexity index is 792. The fraction of sp³-hybridized carbons (Fsp3) is 0.294. The van der Waals surface area contributed by atoms with Gasteiger partial charge in [0, 0.05) is 12.2 Å². The van der Waals surface area contributed by atoms with Gasteiger partial charge in [-0.25, -0.2) is 13.1 Å². The molecule has 2 aromatic carbocycles. The molecule has 2 aromatic rings. The van der Waals surface area contributed by atoms with Crippen LogP contribution >= 0.6 is 12.4 Å². The van der Waals surface area contributed by atoms with E-state index in [-0.39, 0.29) is 12.4 Å². The Morgan fingerprint density at radius 3 is 2.62 bits per heavy atom. The van der Waals surface area contributed by atoms with Gasteiger partial charge in [-0.2, -0.15) is 0 Å². The number of anilines is 1. The van der Waals surface area contributed by atoms with Crippen LogP contribution in [0.3, 0.4) is 0 Å². The van der Waals surface area contributed by atoms with Crippen LogP contribution in [0.15, 0.2) is 47.4 Å². The van der Waals surface area contributed by atoms with Crippen LogP contribution in [0.25, 0.3) is 0 Å². The van der Waals surface area contributed by atoms with Crippen molar-refractivity contribution in [3.05, 3.63) is 53.6 Å². The van der Waals surface area contributed by atoms with Gasteiger partial charge in [-0.15, -0.1) is 12.4 Å². The summed E-state index contributed by atoms with van der Waals surface area (Å²) >= 11 is 0. The summed E-state index contributed by atoms with van der Waals surface area (Å²) in [7, 11) is -3.50. The van der Waals surface area contributed by atoms with Crippen LogP contribution < -0.4 is 15.2 Å². The Kier molecular flexibility index (Phi) is 6.10. The Hall–Kier alpha value is -1.76. The van der Waals surface area contributed by atoms with Crippen molar-refractivity contribution in [3.8, 4) is 5.75 Å². The molecule has 0 aromatic heterocycles. The third-order valence-electron chi connectivity index (χ3n) is 3.88. The second-order valence-electron chi connectivity index (χ2n) is 5.61. The molecule has 3 N–H and O–H groups in total. The quantitative estimate of drug-likeness (QED) is 0.794. The Balaban J connectivity index is 0.00000208. The number of fused-ring (bicyclic) bond motifs is 1. The molecule has 0 saturated heterocycles. The highest BCUT2D eigenvalue weighted by Crippen LogP contribution is 2.27. The minimum absolute atomic E-state index is 0. The normalized spacial score (nSPS) is 13.5. The predicted octanol–water partition coefficient (Wildman–Crippen LogP) is 2.54. The molecule has 1 heterocycles. The molecule has 0 atom stereocenters.